The van der Waals surface area contributed by atoms with E-state index in [2.05, 4.69) is 20.8 Å². The first kappa shape index (κ1) is 14.9. The molecule has 110 valence electrons. The second kappa shape index (κ2) is 6.76. The smallest absolute Gasteiger partial charge is 0.270 e. The van der Waals surface area contributed by atoms with Crippen molar-refractivity contribution in [1.29, 1.82) is 0 Å². The number of hydrogen-bond acceptors (Lipinski definition) is 5. The average Bonchev–Trinajstić information content (AvgIpc) is 2.91. The monoisotopic (exact) mass is 287 g/mol. The molecule has 1 aromatic heterocycles. The topological polar surface area (TPSA) is 92.9 Å². The third-order valence-electron chi connectivity index (χ3n) is 2.84. The molecule has 0 saturated carbocycles. The minimum absolute atomic E-state index is 0.140. The number of tetrazole rings is 1. The van der Waals surface area contributed by atoms with Gasteiger partial charge in [-0.25, -0.2) is 0 Å². The molecule has 0 aliphatic carbocycles. The summed E-state index contributed by atoms with van der Waals surface area (Å²) in [6.45, 7) is 3.28. The lowest BCUT2D eigenvalue weighted by atomic mass is 10.2. The van der Waals surface area contributed by atoms with Crippen LogP contribution in [0.2, 0.25) is 0 Å². The van der Waals surface area contributed by atoms with Gasteiger partial charge in [-0.2, -0.15) is 4.68 Å². The molecule has 1 aromatic carbocycles. The van der Waals surface area contributed by atoms with Crippen molar-refractivity contribution in [3.63, 3.8) is 0 Å². The summed E-state index contributed by atoms with van der Waals surface area (Å²) in [6, 6.07) is 9.06. The number of carbonyl (C=O) groups is 1. The Balaban J connectivity index is 2.38. The molecule has 1 unspecified atom stereocenters. The lowest BCUT2D eigenvalue weighted by molar-refractivity contribution is -0.116. The van der Waals surface area contributed by atoms with Gasteiger partial charge in [0.25, 0.3) is 5.91 Å². The van der Waals surface area contributed by atoms with Gasteiger partial charge in [0.2, 0.25) is 0 Å². The first-order valence-corrected chi connectivity index (χ1v) is 6.55. The van der Waals surface area contributed by atoms with Crippen LogP contribution in [0.1, 0.15) is 18.3 Å². The summed E-state index contributed by atoms with van der Waals surface area (Å²) in [5.41, 5.74) is 1.15. The van der Waals surface area contributed by atoms with E-state index in [1.165, 1.54) is 4.68 Å². The van der Waals surface area contributed by atoms with Gasteiger partial charge in [-0.05, 0) is 35.9 Å². The summed E-state index contributed by atoms with van der Waals surface area (Å²) in [7, 11) is 0. The van der Waals surface area contributed by atoms with Crippen LogP contribution < -0.4 is 5.32 Å². The summed E-state index contributed by atoms with van der Waals surface area (Å²) in [5, 5.41) is 22.9. The van der Waals surface area contributed by atoms with Crippen molar-refractivity contribution >= 4 is 17.7 Å². The van der Waals surface area contributed by atoms with E-state index < -0.39 is 0 Å². The van der Waals surface area contributed by atoms with Crippen LogP contribution in [0.3, 0.4) is 0 Å². The molecule has 7 heteroatoms. The largest absolute Gasteiger partial charge is 0.394 e. The Hall–Kier alpha value is -2.54. The zero-order valence-corrected chi connectivity index (χ0v) is 11.9. The van der Waals surface area contributed by atoms with Gasteiger partial charge in [0.05, 0.1) is 6.61 Å². The predicted molar refractivity (Wildman–Crippen MR) is 77.9 cm³/mol. The van der Waals surface area contributed by atoms with Crippen molar-refractivity contribution in [2.45, 2.75) is 19.9 Å². The number of rotatable bonds is 5. The van der Waals surface area contributed by atoms with Crippen molar-refractivity contribution in [2.75, 3.05) is 6.61 Å². The molecule has 0 aliphatic heterocycles. The standard InChI is InChI=1S/C14H17N5O2/c1-10(9-20)15-14(21)13(19-11(2)16-17-18-19)8-12-6-4-3-5-7-12/h3-8,10,20H,9H2,1-2H3,(H,15,21)/b13-8-. The third kappa shape index (κ3) is 3.73. The van der Waals surface area contributed by atoms with Crippen LogP contribution in [0, 0.1) is 6.92 Å². The van der Waals surface area contributed by atoms with Crippen LogP contribution in [-0.4, -0.2) is 43.9 Å². The third-order valence-corrected chi connectivity index (χ3v) is 2.84. The SMILES string of the molecule is Cc1nnnn1/C(=C\c1ccccc1)C(=O)NC(C)CO. The Morgan fingerprint density at radius 2 is 2.14 bits per heavy atom. The van der Waals surface area contributed by atoms with Crippen LogP contribution in [0.15, 0.2) is 30.3 Å². The molecule has 2 rings (SSSR count). The van der Waals surface area contributed by atoms with Crippen LogP contribution in [0.4, 0.5) is 0 Å². The Kier molecular flexibility index (Phi) is 4.78. The number of aryl methyl sites for hydroxylation is 1. The molecule has 2 N–H and O–H groups in total. The van der Waals surface area contributed by atoms with Gasteiger partial charge in [-0.15, -0.1) is 5.10 Å². The van der Waals surface area contributed by atoms with Crippen LogP contribution >= 0.6 is 0 Å². The number of carbonyl (C=O) groups excluding carboxylic acids is 1. The minimum Gasteiger partial charge on any atom is -0.394 e. The van der Waals surface area contributed by atoms with Crippen molar-refractivity contribution in [1.82, 2.24) is 25.5 Å². The van der Waals surface area contributed by atoms with Crippen LogP contribution in [0.25, 0.3) is 11.8 Å². The van der Waals surface area contributed by atoms with Crippen molar-refractivity contribution < 1.29 is 9.90 Å². The van der Waals surface area contributed by atoms with Gasteiger partial charge in [-0.1, -0.05) is 30.3 Å². The fourth-order valence-electron chi connectivity index (χ4n) is 1.73. The highest BCUT2D eigenvalue weighted by Crippen LogP contribution is 2.12. The van der Waals surface area contributed by atoms with Crippen LogP contribution in [0.5, 0.6) is 0 Å². The van der Waals surface area contributed by atoms with Gasteiger partial charge >= 0.3 is 0 Å². The molecular formula is C14H17N5O2. The molecule has 0 saturated heterocycles. The number of amides is 1. The second-order valence-electron chi connectivity index (χ2n) is 4.64. The molecule has 0 radical (unpaired) electrons. The molecule has 21 heavy (non-hydrogen) atoms. The lowest BCUT2D eigenvalue weighted by Crippen LogP contribution is -2.37. The molecule has 1 amide bonds. The summed E-state index contributed by atoms with van der Waals surface area (Å²) >= 11 is 0. The van der Waals surface area contributed by atoms with Crippen LogP contribution in [-0.2, 0) is 4.79 Å². The molecule has 1 heterocycles. The minimum atomic E-state index is -0.353. The number of nitrogens with zero attached hydrogens (tertiary/aromatic N) is 4. The van der Waals surface area contributed by atoms with Gasteiger partial charge in [0, 0.05) is 6.04 Å². The fraction of sp³-hybridized carbons (Fsp3) is 0.286. The van der Waals surface area contributed by atoms with Crippen molar-refractivity contribution in [3.8, 4) is 0 Å². The van der Waals surface area contributed by atoms with Gasteiger partial charge < -0.3 is 10.4 Å². The second-order valence-corrected chi connectivity index (χ2v) is 4.64. The summed E-state index contributed by atoms with van der Waals surface area (Å²) < 4.78 is 1.37. The maximum atomic E-state index is 12.4. The molecular weight excluding hydrogens is 270 g/mol. The number of hydrogen-bond donors (Lipinski definition) is 2. The molecule has 1 atom stereocenters. The predicted octanol–water partition coefficient (Wildman–Crippen LogP) is 0.477. The first-order valence-electron chi connectivity index (χ1n) is 6.55. The van der Waals surface area contributed by atoms with E-state index >= 15 is 0 Å². The van der Waals surface area contributed by atoms with E-state index in [4.69, 9.17) is 5.11 Å². The van der Waals surface area contributed by atoms with E-state index in [0.717, 1.165) is 5.56 Å². The quantitative estimate of drug-likeness (QED) is 0.780. The molecule has 0 aliphatic rings. The molecule has 7 nitrogen and oxygen atoms in total. The number of nitrogens with one attached hydrogen (secondary N) is 1. The highest BCUT2D eigenvalue weighted by molar-refractivity contribution is 6.18. The van der Waals surface area contributed by atoms with E-state index in [9.17, 15) is 4.79 Å². The average molecular weight is 287 g/mol. The molecule has 0 spiro atoms. The molecule has 0 bridgehead atoms. The number of aromatic nitrogens is 4. The Morgan fingerprint density at radius 1 is 1.43 bits per heavy atom. The molecule has 0 fully saturated rings. The number of aliphatic hydroxyl groups excluding tert-OH is 1. The Bertz CT molecular complexity index is 636. The normalized spacial score (nSPS) is 13.0. The van der Waals surface area contributed by atoms with E-state index in [0.29, 0.717) is 11.5 Å². The highest BCUT2D eigenvalue weighted by atomic mass is 16.3. The molecule has 2 aromatic rings. The summed E-state index contributed by atoms with van der Waals surface area (Å²) in [4.78, 5) is 12.4. The van der Waals surface area contributed by atoms with Gasteiger partial charge in [0.15, 0.2) is 5.82 Å². The van der Waals surface area contributed by atoms with Crippen molar-refractivity contribution in [2.24, 2.45) is 0 Å². The highest BCUT2D eigenvalue weighted by Gasteiger charge is 2.17. The Labute approximate surface area is 122 Å². The lowest BCUT2D eigenvalue weighted by Gasteiger charge is -2.13. The van der Waals surface area contributed by atoms with E-state index in [1.54, 1.807) is 19.9 Å². The maximum absolute atomic E-state index is 12.4. The van der Waals surface area contributed by atoms with Gasteiger partial charge in [0.1, 0.15) is 5.70 Å². The van der Waals surface area contributed by atoms with E-state index in [1.807, 2.05) is 30.3 Å². The fourth-order valence-corrected chi connectivity index (χ4v) is 1.73. The van der Waals surface area contributed by atoms with Crippen molar-refractivity contribution in [3.05, 3.63) is 41.7 Å². The Morgan fingerprint density at radius 3 is 2.71 bits per heavy atom. The first-order chi connectivity index (χ1) is 10.1. The van der Waals surface area contributed by atoms with E-state index in [-0.39, 0.29) is 18.6 Å². The summed E-state index contributed by atoms with van der Waals surface area (Å²) in [6.07, 6.45) is 1.70. The maximum Gasteiger partial charge on any atom is 0.270 e. The zero-order chi connectivity index (χ0) is 15.2. The zero-order valence-electron chi connectivity index (χ0n) is 11.9. The number of aliphatic hydroxyl groups is 1. The van der Waals surface area contributed by atoms with Gasteiger partial charge in [-0.3, -0.25) is 4.79 Å². The number of benzene rings is 1. The summed E-state index contributed by atoms with van der Waals surface area (Å²) in [5.74, 6) is 0.153.